The first-order valence-corrected chi connectivity index (χ1v) is 8.45. The Morgan fingerprint density at radius 2 is 2.38 bits per heavy atom. The Labute approximate surface area is 142 Å². The lowest BCUT2D eigenvalue weighted by molar-refractivity contribution is -0.125. The second kappa shape index (κ2) is 7.97. The summed E-state index contributed by atoms with van der Waals surface area (Å²) in [6.45, 7) is 4.76. The Kier molecular flexibility index (Phi) is 5.48. The zero-order valence-electron chi connectivity index (χ0n) is 14.0. The number of ether oxygens (including phenoxy) is 1. The summed E-state index contributed by atoms with van der Waals surface area (Å²) in [5.41, 5.74) is 3.16. The van der Waals surface area contributed by atoms with Crippen LogP contribution in [0.2, 0.25) is 0 Å². The van der Waals surface area contributed by atoms with E-state index in [1.54, 1.807) is 0 Å². The fraction of sp³-hybridized carbons (Fsp3) is 0.444. The van der Waals surface area contributed by atoms with E-state index in [1.165, 1.54) is 0 Å². The third-order valence-electron chi connectivity index (χ3n) is 4.31. The molecule has 1 aromatic heterocycles. The molecule has 2 aromatic rings. The SMILES string of the molecule is Cc1[nH]ncc1-c1cccc(OCCNC(=O)[C@@H]2CCCNC2)c1. The van der Waals surface area contributed by atoms with Crippen molar-refractivity contribution in [3.05, 3.63) is 36.2 Å². The van der Waals surface area contributed by atoms with Crippen molar-refractivity contribution >= 4 is 5.91 Å². The molecule has 3 rings (SSSR count). The second-order valence-electron chi connectivity index (χ2n) is 6.12. The first-order chi connectivity index (χ1) is 11.7. The maximum atomic E-state index is 12.0. The zero-order valence-corrected chi connectivity index (χ0v) is 14.0. The number of aromatic amines is 1. The van der Waals surface area contributed by atoms with Gasteiger partial charge in [0, 0.05) is 17.8 Å². The summed E-state index contributed by atoms with van der Waals surface area (Å²) in [4.78, 5) is 12.0. The van der Waals surface area contributed by atoms with Crippen molar-refractivity contribution in [2.24, 2.45) is 5.92 Å². The van der Waals surface area contributed by atoms with Crippen molar-refractivity contribution in [3.63, 3.8) is 0 Å². The molecule has 1 aliphatic rings. The van der Waals surface area contributed by atoms with Gasteiger partial charge in [-0.05, 0) is 44.0 Å². The maximum Gasteiger partial charge on any atom is 0.224 e. The minimum absolute atomic E-state index is 0.0890. The highest BCUT2D eigenvalue weighted by molar-refractivity contribution is 5.78. The van der Waals surface area contributed by atoms with Gasteiger partial charge in [-0.3, -0.25) is 9.89 Å². The van der Waals surface area contributed by atoms with Crippen LogP contribution in [0.5, 0.6) is 5.75 Å². The molecule has 0 bridgehead atoms. The highest BCUT2D eigenvalue weighted by Gasteiger charge is 2.20. The van der Waals surface area contributed by atoms with Crippen molar-refractivity contribution in [2.75, 3.05) is 26.2 Å². The molecule has 0 spiro atoms. The molecular formula is C18H24N4O2. The number of H-pyrrole nitrogens is 1. The summed E-state index contributed by atoms with van der Waals surface area (Å²) in [5.74, 6) is 1.00. The van der Waals surface area contributed by atoms with Gasteiger partial charge in [-0.1, -0.05) is 12.1 Å². The molecule has 0 aliphatic carbocycles. The van der Waals surface area contributed by atoms with Crippen molar-refractivity contribution in [1.29, 1.82) is 0 Å². The van der Waals surface area contributed by atoms with E-state index in [4.69, 9.17) is 4.74 Å². The molecule has 24 heavy (non-hydrogen) atoms. The van der Waals surface area contributed by atoms with Crippen LogP contribution in [0.1, 0.15) is 18.5 Å². The van der Waals surface area contributed by atoms with Crippen LogP contribution in [0, 0.1) is 12.8 Å². The zero-order chi connectivity index (χ0) is 16.8. The van der Waals surface area contributed by atoms with Gasteiger partial charge in [-0.15, -0.1) is 0 Å². The summed E-state index contributed by atoms with van der Waals surface area (Å²) in [7, 11) is 0. The average Bonchev–Trinajstić information content (AvgIpc) is 3.05. The topological polar surface area (TPSA) is 79.0 Å². The van der Waals surface area contributed by atoms with Crippen LogP contribution in [0.4, 0.5) is 0 Å². The van der Waals surface area contributed by atoms with Crippen LogP contribution in [-0.2, 0) is 4.79 Å². The van der Waals surface area contributed by atoms with Gasteiger partial charge in [0.25, 0.3) is 0 Å². The summed E-state index contributed by atoms with van der Waals surface area (Å²) in [5, 5.41) is 13.2. The van der Waals surface area contributed by atoms with Gasteiger partial charge in [-0.25, -0.2) is 0 Å². The average molecular weight is 328 g/mol. The van der Waals surface area contributed by atoms with Gasteiger partial charge in [0.15, 0.2) is 0 Å². The Hall–Kier alpha value is -2.34. The molecule has 128 valence electrons. The summed E-state index contributed by atoms with van der Waals surface area (Å²) >= 11 is 0. The van der Waals surface area contributed by atoms with Crippen molar-refractivity contribution in [3.8, 4) is 16.9 Å². The molecule has 1 aromatic carbocycles. The monoisotopic (exact) mass is 328 g/mol. The van der Waals surface area contributed by atoms with Crippen molar-refractivity contribution in [2.45, 2.75) is 19.8 Å². The first-order valence-electron chi connectivity index (χ1n) is 8.45. The number of hydrogen-bond acceptors (Lipinski definition) is 4. The van der Waals surface area contributed by atoms with Crippen LogP contribution in [0.15, 0.2) is 30.5 Å². The standard InChI is InChI=1S/C18H24N4O2/c1-13-17(12-21-22-13)14-4-2-6-16(10-14)24-9-8-20-18(23)15-5-3-7-19-11-15/h2,4,6,10,12,15,19H,3,5,7-9,11H2,1H3,(H,20,23)(H,21,22)/t15-/m1/s1. The van der Waals surface area contributed by atoms with Gasteiger partial charge < -0.3 is 15.4 Å². The smallest absolute Gasteiger partial charge is 0.224 e. The number of nitrogens with zero attached hydrogens (tertiary/aromatic N) is 1. The number of rotatable bonds is 6. The molecular weight excluding hydrogens is 304 g/mol. The van der Waals surface area contributed by atoms with E-state index in [9.17, 15) is 4.79 Å². The van der Waals surface area contributed by atoms with Gasteiger partial charge >= 0.3 is 0 Å². The van der Waals surface area contributed by atoms with Crippen molar-refractivity contribution in [1.82, 2.24) is 20.8 Å². The molecule has 1 atom stereocenters. The van der Waals surface area contributed by atoms with E-state index in [0.29, 0.717) is 13.2 Å². The summed E-state index contributed by atoms with van der Waals surface area (Å²) in [6, 6.07) is 7.91. The summed E-state index contributed by atoms with van der Waals surface area (Å²) < 4.78 is 5.76. The van der Waals surface area contributed by atoms with E-state index in [-0.39, 0.29) is 11.8 Å². The first kappa shape index (κ1) is 16.5. The highest BCUT2D eigenvalue weighted by atomic mass is 16.5. The quantitative estimate of drug-likeness (QED) is 0.708. The number of carbonyl (C=O) groups excluding carboxylic acids is 1. The Balaban J connectivity index is 1.47. The normalized spacial score (nSPS) is 17.5. The van der Waals surface area contributed by atoms with Crippen molar-refractivity contribution < 1.29 is 9.53 Å². The van der Waals surface area contributed by atoms with Gasteiger partial charge in [0.1, 0.15) is 12.4 Å². The number of nitrogens with one attached hydrogen (secondary N) is 3. The Morgan fingerprint density at radius 1 is 1.46 bits per heavy atom. The van der Waals surface area contributed by atoms with Crippen LogP contribution in [0.25, 0.3) is 11.1 Å². The third kappa shape index (κ3) is 4.14. The van der Waals surface area contributed by atoms with E-state index >= 15 is 0 Å². The maximum absolute atomic E-state index is 12.0. The number of benzene rings is 1. The third-order valence-corrected chi connectivity index (χ3v) is 4.31. The molecule has 0 saturated carbocycles. The fourth-order valence-electron chi connectivity index (χ4n) is 2.96. The van der Waals surface area contributed by atoms with E-state index in [2.05, 4.69) is 20.8 Å². The largest absolute Gasteiger partial charge is 0.492 e. The molecule has 0 radical (unpaired) electrons. The predicted molar refractivity (Wildman–Crippen MR) is 92.9 cm³/mol. The van der Waals surface area contributed by atoms with Gasteiger partial charge in [0.2, 0.25) is 5.91 Å². The molecule has 1 amide bonds. The Bertz CT molecular complexity index is 677. The molecule has 3 N–H and O–H groups in total. The van der Waals surface area contributed by atoms with Gasteiger partial charge in [0.05, 0.1) is 18.7 Å². The number of hydrogen-bond donors (Lipinski definition) is 3. The fourth-order valence-corrected chi connectivity index (χ4v) is 2.96. The lowest BCUT2D eigenvalue weighted by atomic mass is 9.99. The number of carbonyl (C=O) groups is 1. The Morgan fingerprint density at radius 3 is 3.12 bits per heavy atom. The number of amides is 1. The van der Waals surface area contributed by atoms with E-state index in [0.717, 1.165) is 48.5 Å². The van der Waals surface area contributed by atoms with Gasteiger partial charge in [-0.2, -0.15) is 5.10 Å². The molecule has 1 saturated heterocycles. The molecule has 6 nitrogen and oxygen atoms in total. The molecule has 0 unspecified atom stereocenters. The van der Waals surface area contributed by atoms with E-state index in [1.807, 2.05) is 37.4 Å². The molecule has 2 heterocycles. The second-order valence-corrected chi connectivity index (χ2v) is 6.12. The highest BCUT2D eigenvalue weighted by Crippen LogP contribution is 2.25. The number of aromatic nitrogens is 2. The minimum atomic E-state index is 0.0890. The van der Waals surface area contributed by atoms with Crippen LogP contribution < -0.4 is 15.4 Å². The summed E-state index contributed by atoms with van der Waals surface area (Å²) in [6.07, 6.45) is 3.84. The molecule has 1 aliphatic heterocycles. The molecule has 1 fully saturated rings. The lowest BCUT2D eigenvalue weighted by Crippen LogP contribution is -2.41. The van der Waals surface area contributed by atoms with Crippen LogP contribution >= 0.6 is 0 Å². The molecule has 6 heteroatoms. The number of aryl methyl sites for hydroxylation is 1. The lowest BCUT2D eigenvalue weighted by Gasteiger charge is -2.21. The predicted octanol–water partition coefficient (Wildman–Crippen LogP) is 1.88. The minimum Gasteiger partial charge on any atom is -0.492 e. The number of piperidine rings is 1. The van der Waals surface area contributed by atoms with E-state index < -0.39 is 0 Å². The van der Waals surface area contributed by atoms with Crippen LogP contribution in [0.3, 0.4) is 0 Å². The van der Waals surface area contributed by atoms with Crippen LogP contribution in [-0.4, -0.2) is 42.3 Å².